The first-order valence-corrected chi connectivity index (χ1v) is 8.05. The molecule has 1 saturated heterocycles. The lowest BCUT2D eigenvalue weighted by Gasteiger charge is -2.15. The van der Waals surface area contributed by atoms with Gasteiger partial charge >= 0.3 is 0 Å². The third-order valence-corrected chi connectivity index (χ3v) is 4.59. The Labute approximate surface area is 122 Å². The van der Waals surface area contributed by atoms with Crippen LogP contribution < -0.4 is 0 Å². The number of aryl methyl sites for hydroxylation is 2. The van der Waals surface area contributed by atoms with Crippen LogP contribution in [-0.4, -0.2) is 12.7 Å². The molecular formula is C17H25ClO. The van der Waals surface area contributed by atoms with Crippen LogP contribution in [0.4, 0.5) is 0 Å². The summed E-state index contributed by atoms with van der Waals surface area (Å²) >= 11 is 6.55. The predicted octanol–water partition coefficient (Wildman–Crippen LogP) is 5.05. The smallest absolute Gasteiger partial charge is 0.0586 e. The molecule has 1 nitrogen and oxygen atoms in total. The Bertz CT molecular complexity index is 396. The van der Waals surface area contributed by atoms with Crippen LogP contribution >= 0.6 is 11.6 Å². The van der Waals surface area contributed by atoms with Crippen LogP contribution in [0.1, 0.15) is 61.6 Å². The van der Waals surface area contributed by atoms with Gasteiger partial charge in [-0.15, -0.1) is 11.6 Å². The van der Waals surface area contributed by atoms with E-state index in [2.05, 4.69) is 32.0 Å². The van der Waals surface area contributed by atoms with Crippen molar-refractivity contribution in [2.24, 2.45) is 0 Å². The second kappa shape index (κ2) is 7.31. The number of ether oxygens (including phenoxy) is 1. The fourth-order valence-electron chi connectivity index (χ4n) is 2.89. The SMILES string of the molecule is CCc1ccc(C(Cl)CCC2CCCO2)cc1CC. The number of hydrogen-bond donors (Lipinski definition) is 0. The third kappa shape index (κ3) is 3.97. The molecule has 1 aliphatic rings. The maximum atomic E-state index is 6.55. The van der Waals surface area contributed by atoms with Crippen molar-refractivity contribution >= 4 is 11.6 Å². The first-order valence-electron chi connectivity index (χ1n) is 7.62. The topological polar surface area (TPSA) is 9.23 Å². The summed E-state index contributed by atoms with van der Waals surface area (Å²) in [6.07, 6.45) is 7.16. The summed E-state index contributed by atoms with van der Waals surface area (Å²) in [5.41, 5.74) is 4.17. The van der Waals surface area contributed by atoms with Crippen molar-refractivity contribution in [3.63, 3.8) is 0 Å². The first kappa shape index (κ1) is 14.9. The minimum absolute atomic E-state index is 0.125. The molecule has 0 aliphatic carbocycles. The monoisotopic (exact) mass is 280 g/mol. The number of halogens is 1. The molecule has 2 unspecified atom stereocenters. The molecule has 1 aromatic carbocycles. The standard InChI is InChI=1S/C17H25ClO/c1-3-13-7-8-15(12-14(13)4-2)17(18)10-9-16-6-5-11-19-16/h7-8,12,16-17H,3-6,9-11H2,1-2H3. The summed E-state index contributed by atoms with van der Waals surface area (Å²) in [7, 11) is 0. The van der Waals surface area contributed by atoms with Crippen molar-refractivity contribution < 1.29 is 4.74 Å². The zero-order valence-electron chi connectivity index (χ0n) is 12.1. The number of alkyl halides is 1. The average molecular weight is 281 g/mol. The molecule has 1 fully saturated rings. The highest BCUT2D eigenvalue weighted by molar-refractivity contribution is 6.20. The maximum absolute atomic E-state index is 6.55. The zero-order chi connectivity index (χ0) is 13.7. The molecule has 1 aliphatic heterocycles. The van der Waals surface area contributed by atoms with Crippen molar-refractivity contribution in [3.05, 3.63) is 34.9 Å². The minimum atomic E-state index is 0.125. The molecule has 1 aromatic rings. The van der Waals surface area contributed by atoms with Gasteiger partial charge < -0.3 is 4.74 Å². The number of hydrogen-bond acceptors (Lipinski definition) is 1. The van der Waals surface area contributed by atoms with Gasteiger partial charge in [0.25, 0.3) is 0 Å². The second-order valence-corrected chi connectivity index (χ2v) is 5.94. The van der Waals surface area contributed by atoms with Gasteiger partial charge in [0.05, 0.1) is 11.5 Å². The number of rotatable bonds is 6. The molecule has 0 aromatic heterocycles. The van der Waals surface area contributed by atoms with Gasteiger partial charge in [-0.1, -0.05) is 32.0 Å². The summed E-state index contributed by atoms with van der Waals surface area (Å²) in [5, 5.41) is 0.125. The normalized spacial score (nSPS) is 20.7. The van der Waals surface area contributed by atoms with E-state index in [1.165, 1.54) is 29.5 Å². The molecule has 2 atom stereocenters. The van der Waals surface area contributed by atoms with Crippen LogP contribution in [0.2, 0.25) is 0 Å². The van der Waals surface area contributed by atoms with E-state index in [1.807, 2.05) is 0 Å². The Morgan fingerprint density at radius 1 is 1.26 bits per heavy atom. The third-order valence-electron chi connectivity index (χ3n) is 4.12. The highest BCUT2D eigenvalue weighted by Gasteiger charge is 2.18. The van der Waals surface area contributed by atoms with Gasteiger partial charge in [0.1, 0.15) is 0 Å². The van der Waals surface area contributed by atoms with Crippen molar-refractivity contribution in [2.45, 2.75) is 63.9 Å². The average Bonchev–Trinajstić information content (AvgIpc) is 2.97. The van der Waals surface area contributed by atoms with Crippen molar-refractivity contribution in [1.82, 2.24) is 0 Å². The van der Waals surface area contributed by atoms with Gasteiger partial charge in [-0.05, 0) is 55.2 Å². The van der Waals surface area contributed by atoms with E-state index in [-0.39, 0.29) is 5.38 Å². The predicted molar refractivity (Wildman–Crippen MR) is 82.0 cm³/mol. The molecule has 2 heteroatoms. The Hall–Kier alpha value is -0.530. The lowest BCUT2D eigenvalue weighted by Crippen LogP contribution is -2.06. The lowest BCUT2D eigenvalue weighted by atomic mass is 9.97. The van der Waals surface area contributed by atoms with E-state index in [0.29, 0.717) is 6.10 Å². The van der Waals surface area contributed by atoms with Gasteiger partial charge in [-0.3, -0.25) is 0 Å². The van der Waals surface area contributed by atoms with Gasteiger partial charge in [0, 0.05) is 6.61 Å². The van der Waals surface area contributed by atoms with Crippen LogP contribution in [0.15, 0.2) is 18.2 Å². The first-order chi connectivity index (χ1) is 9.24. The maximum Gasteiger partial charge on any atom is 0.0586 e. The summed E-state index contributed by atoms with van der Waals surface area (Å²) in [6.45, 7) is 5.36. The molecule has 0 radical (unpaired) electrons. The lowest BCUT2D eigenvalue weighted by molar-refractivity contribution is 0.102. The molecule has 1 heterocycles. The molecule has 0 N–H and O–H groups in total. The molecule has 0 spiro atoms. The minimum Gasteiger partial charge on any atom is -0.378 e. The van der Waals surface area contributed by atoms with Gasteiger partial charge in [-0.2, -0.15) is 0 Å². The van der Waals surface area contributed by atoms with Crippen LogP contribution in [0.3, 0.4) is 0 Å². The van der Waals surface area contributed by atoms with Gasteiger partial charge in [-0.25, -0.2) is 0 Å². The number of benzene rings is 1. The zero-order valence-corrected chi connectivity index (χ0v) is 12.9. The van der Waals surface area contributed by atoms with Gasteiger partial charge in [0.15, 0.2) is 0 Å². The van der Waals surface area contributed by atoms with E-state index in [9.17, 15) is 0 Å². The van der Waals surface area contributed by atoms with Crippen LogP contribution in [0.25, 0.3) is 0 Å². The quantitative estimate of drug-likeness (QED) is 0.663. The second-order valence-electron chi connectivity index (χ2n) is 5.42. The molecule has 0 amide bonds. The Morgan fingerprint density at radius 3 is 2.68 bits per heavy atom. The molecule has 0 saturated carbocycles. The fraction of sp³-hybridized carbons (Fsp3) is 0.647. The van der Waals surface area contributed by atoms with E-state index in [0.717, 1.165) is 32.3 Å². The van der Waals surface area contributed by atoms with Crippen LogP contribution in [0, 0.1) is 0 Å². The molecule has 19 heavy (non-hydrogen) atoms. The van der Waals surface area contributed by atoms with E-state index in [4.69, 9.17) is 16.3 Å². The highest BCUT2D eigenvalue weighted by Crippen LogP contribution is 2.30. The largest absolute Gasteiger partial charge is 0.378 e. The highest BCUT2D eigenvalue weighted by atomic mass is 35.5. The Kier molecular flexibility index (Phi) is 5.72. The molecule has 106 valence electrons. The van der Waals surface area contributed by atoms with Crippen LogP contribution in [0.5, 0.6) is 0 Å². The molecular weight excluding hydrogens is 256 g/mol. The Balaban J connectivity index is 1.95. The van der Waals surface area contributed by atoms with E-state index >= 15 is 0 Å². The van der Waals surface area contributed by atoms with Gasteiger partial charge in [0.2, 0.25) is 0 Å². The molecule has 0 bridgehead atoms. The van der Waals surface area contributed by atoms with Crippen molar-refractivity contribution in [1.29, 1.82) is 0 Å². The Morgan fingerprint density at radius 2 is 2.05 bits per heavy atom. The van der Waals surface area contributed by atoms with Crippen molar-refractivity contribution in [2.75, 3.05) is 6.61 Å². The summed E-state index contributed by atoms with van der Waals surface area (Å²) in [4.78, 5) is 0. The summed E-state index contributed by atoms with van der Waals surface area (Å²) < 4.78 is 5.66. The van der Waals surface area contributed by atoms with E-state index < -0.39 is 0 Å². The van der Waals surface area contributed by atoms with Crippen molar-refractivity contribution in [3.8, 4) is 0 Å². The van der Waals surface area contributed by atoms with Crippen LogP contribution in [-0.2, 0) is 17.6 Å². The summed E-state index contributed by atoms with van der Waals surface area (Å²) in [6, 6.07) is 6.74. The summed E-state index contributed by atoms with van der Waals surface area (Å²) in [5.74, 6) is 0. The fourth-order valence-corrected chi connectivity index (χ4v) is 3.15. The molecule has 2 rings (SSSR count). The van der Waals surface area contributed by atoms with E-state index in [1.54, 1.807) is 0 Å².